The highest BCUT2D eigenvalue weighted by molar-refractivity contribution is 5.70. The summed E-state index contributed by atoms with van der Waals surface area (Å²) in [7, 11) is 1.52. The maximum Gasteiger partial charge on any atom is 0.308 e. The van der Waals surface area contributed by atoms with Crippen molar-refractivity contribution >= 4 is 5.97 Å². The summed E-state index contributed by atoms with van der Waals surface area (Å²) >= 11 is 0. The van der Waals surface area contributed by atoms with E-state index >= 15 is 0 Å². The van der Waals surface area contributed by atoms with Crippen LogP contribution >= 0.6 is 0 Å². The first-order valence-electron chi connectivity index (χ1n) is 18.1. The fraction of sp³-hybridized carbons (Fsp3) is 0.972. The molecular weight excluding hydrogens is 608 g/mol. The van der Waals surface area contributed by atoms with E-state index in [4.69, 9.17) is 28.4 Å². The molecule has 272 valence electrons. The van der Waals surface area contributed by atoms with Crippen molar-refractivity contribution in [2.24, 2.45) is 35.5 Å². The van der Waals surface area contributed by atoms with Crippen LogP contribution in [0.3, 0.4) is 0 Å². The minimum Gasteiger partial charge on any atom is -0.481 e. The Morgan fingerprint density at radius 2 is 1.72 bits per heavy atom. The number of carboxylic acid groups (broad SMARTS) is 1. The average molecular weight is 671 g/mol. The molecule has 0 saturated carbocycles. The number of ether oxygens (including phenoxy) is 6. The van der Waals surface area contributed by atoms with Crippen molar-refractivity contribution in [2.45, 2.75) is 172 Å². The monoisotopic (exact) mass is 670 g/mol. The van der Waals surface area contributed by atoms with Gasteiger partial charge in [-0.2, -0.15) is 0 Å². The van der Waals surface area contributed by atoms with Gasteiger partial charge in [-0.1, -0.05) is 41.5 Å². The van der Waals surface area contributed by atoms with Crippen LogP contribution in [0.5, 0.6) is 0 Å². The van der Waals surface area contributed by atoms with E-state index in [1.807, 2.05) is 20.8 Å². The lowest BCUT2D eigenvalue weighted by atomic mass is 9.78. The second-order valence-corrected chi connectivity index (χ2v) is 16.3. The molecule has 11 nitrogen and oxygen atoms in total. The van der Waals surface area contributed by atoms with Crippen molar-refractivity contribution in [1.29, 1.82) is 0 Å². The van der Waals surface area contributed by atoms with E-state index in [9.17, 15) is 25.2 Å². The molecule has 0 amide bonds. The lowest BCUT2D eigenvalue weighted by Gasteiger charge is -2.49. The molecule has 11 heteroatoms. The van der Waals surface area contributed by atoms with Crippen LogP contribution in [0.2, 0.25) is 0 Å². The SMILES string of the molecule is CC[C@@]1(C2O[C@@H]([C@H]3O[C@@](O)(CO)[C@H](C)C[C@@H]3C)C[C@@H]2C)CCC([C@]2(C)CC[C@]3(C[C@H](O)[C@@H](C)[C@@H]([C@@H](C)[C@H](OC)C(C)C(=O)O)O3)O2)O1. The van der Waals surface area contributed by atoms with Gasteiger partial charge in [0.1, 0.15) is 0 Å². The Hall–Kier alpha value is -0.890. The molecule has 4 N–H and O–H groups in total. The van der Waals surface area contributed by atoms with E-state index in [0.29, 0.717) is 19.3 Å². The lowest BCUT2D eigenvalue weighted by Crippen LogP contribution is -2.57. The van der Waals surface area contributed by atoms with Crippen molar-refractivity contribution in [2.75, 3.05) is 13.7 Å². The predicted molar refractivity (Wildman–Crippen MR) is 172 cm³/mol. The number of hydrogen-bond donors (Lipinski definition) is 4. The molecule has 5 fully saturated rings. The second kappa shape index (κ2) is 13.7. The van der Waals surface area contributed by atoms with Crippen molar-refractivity contribution in [1.82, 2.24) is 0 Å². The number of methoxy groups -OCH3 is 1. The van der Waals surface area contributed by atoms with Crippen LogP contribution in [-0.4, -0.2) is 106 Å². The van der Waals surface area contributed by atoms with Gasteiger partial charge in [-0.05, 0) is 64.2 Å². The Labute approximate surface area is 281 Å². The van der Waals surface area contributed by atoms with Crippen LogP contribution in [-0.2, 0) is 33.2 Å². The molecule has 5 aliphatic heterocycles. The van der Waals surface area contributed by atoms with Crippen LogP contribution in [0.15, 0.2) is 0 Å². The van der Waals surface area contributed by atoms with Gasteiger partial charge >= 0.3 is 5.97 Å². The van der Waals surface area contributed by atoms with Gasteiger partial charge in [-0.25, -0.2) is 0 Å². The van der Waals surface area contributed by atoms with Crippen LogP contribution in [0, 0.1) is 35.5 Å². The normalized spacial score (nSPS) is 50.9. The summed E-state index contributed by atoms with van der Waals surface area (Å²) in [6.45, 7) is 15.6. The number of hydrogen-bond acceptors (Lipinski definition) is 10. The third-order valence-corrected chi connectivity index (χ3v) is 13.0. The zero-order valence-electron chi connectivity index (χ0n) is 30.0. The molecular formula is C36H62O11. The standard InChI is InChI=1S/C36H62O11/c1-10-34(31-20(3)16-26(43-31)28-19(2)15-21(4)36(41,18-37)46-28)12-11-27(44-34)33(8)13-14-35(47-33)17-25(38)22(5)30(45-35)23(6)29(42-9)24(7)32(39)40/h19-31,37-38,41H,10-18H2,1-9H3,(H,39,40)/t19-,20-,21+,22+,23-,24?,25-,26+,27?,28-,29-,30-,31?,33-,34-,35+,36-/m0/s1. The van der Waals surface area contributed by atoms with Crippen molar-refractivity contribution in [3.8, 4) is 0 Å². The summed E-state index contributed by atoms with van der Waals surface area (Å²) in [4.78, 5) is 11.8. The summed E-state index contributed by atoms with van der Waals surface area (Å²) in [6, 6.07) is 0. The Morgan fingerprint density at radius 1 is 1.02 bits per heavy atom. The smallest absolute Gasteiger partial charge is 0.308 e. The number of carbonyl (C=O) groups is 1. The summed E-state index contributed by atoms with van der Waals surface area (Å²) in [5.74, 6) is -4.52. The van der Waals surface area contributed by atoms with E-state index in [1.54, 1.807) is 6.92 Å². The maximum atomic E-state index is 11.8. The van der Waals surface area contributed by atoms with Gasteiger partial charge in [0, 0.05) is 37.7 Å². The summed E-state index contributed by atoms with van der Waals surface area (Å²) < 4.78 is 39.4. The highest BCUT2D eigenvalue weighted by Gasteiger charge is 2.62. The van der Waals surface area contributed by atoms with Gasteiger partial charge < -0.3 is 48.8 Å². The summed E-state index contributed by atoms with van der Waals surface area (Å²) in [6.07, 6.45) is 2.99. The summed E-state index contributed by atoms with van der Waals surface area (Å²) in [5.41, 5.74) is -1.15. The lowest BCUT2D eigenvalue weighted by molar-refractivity contribution is -0.336. The molecule has 5 heterocycles. The first kappa shape index (κ1) is 37.4. The zero-order chi connectivity index (χ0) is 34.7. The van der Waals surface area contributed by atoms with Gasteiger partial charge in [-0.15, -0.1) is 0 Å². The molecule has 5 rings (SSSR count). The fourth-order valence-corrected chi connectivity index (χ4v) is 9.91. The van der Waals surface area contributed by atoms with Gasteiger partial charge in [0.05, 0.1) is 66.5 Å². The first-order valence-corrected chi connectivity index (χ1v) is 18.1. The molecule has 0 aromatic carbocycles. The highest BCUT2D eigenvalue weighted by atomic mass is 16.7. The van der Waals surface area contributed by atoms with Crippen LogP contribution in [0.25, 0.3) is 0 Å². The average Bonchev–Trinajstić information content (AvgIpc) is 3.73. The molecule has 3 unspecified atom stereocenters. The van der Waals surface area contributed by atoms with Crippen molar-refractivity contribution < 1.29 is 53.6 Å². The quantitative estimate of drug-likeness (QED) is 0.264. The van der Waals surface area contributed by atoms with Crippen molar-refractivity contribution in [3.63, 3.8) is 0 Å². The highest BCUT2D eigenvalue weighted by Crippen LogP contribution is 2.55. The van der Waals surface area contributed by atoms with Gasteiger partial charge in [0.15, 0.2) is 11.6 Å². The number of aliphatic carboxylic acids is 1. The maximum absolute atomic E-state index is 11.8. The van der Waals surface area contributed by atoms with Gasteiger partial charge in [-0.3, -0.25) is 4.79 Å². The third kappa shape index (κ3) is 6.67. The molecule has 0 radical (unpaired) electrons. The van der Waals surface area contributed by atoms with Crippen LogP contribution in [0.1, 0.15) is 107 Å². The molecule has 0 bridgehead atoms. The van der Waals surface area contributed by atoms with E-state index in [1.165, 1.54) is 7.11 Å². The number of rotatable bonds is 10. The molecule has 1 spiro atoms. The first-order chi connectivity index (χ1) is 22.0. The summed E-state index contributed by atoms with van der Waals surface area (Å²) in [5, 5.41) is 41.8. The Kier molecular flexibility index (Phi) is 10.9. The predicted octanol–water partition coefficient (Wildman–Crippen LogP) is 4.27. The minimum atomic E-state index is -1.56. The number of aliphatic hydroxyl groups is 3. The third-order valence-electron chi connectivity index (χ3n) is 13.0. The van der Waals surface area contributed by atoms with Crippen molar-refractivity contribution in [3.05, 3.63) is 0 Å². The van der Waals surface area contributed by atoms with E-state index in [2.05, 4.69) is 27.7 Å². The fourth-order valence-electron chi connectivity index (χ4n) is 9.91. The van der Waals surface area contributed by atoms with E-state index < -0.39 is 59.6 Å². The van der Waals surface area contributed by atoms with E-state index in [-0.39, 0.29) is 54.0 Å². The zero-order valence-corrected chi connectivity index (χ0v) is 30.0. The Balaban J connectivity index is 1.29. The number of carboxylic acids is 1. The largest absolute Gasteiger partial charge is 0.481 e. The van der Waals surface area contributed by atoms with Gasteiger partial charge in [0.25, 0.3) is 0 Å². The molecule has 47 heavy (non-hydrogen) atoms. The molecule has 5 aliphatic rings. The second-order valence-electron chi connectivity index (χ2n) is 16.3. The minimum absolute atomic E-state index is 0.153. The topological polar surface area (TPSA) is 153 Å². The van der Waals surface area contributed by atoms with Gasteiger partial charge in [0.2, 0.25) is 0 Å². The molecule has 0 aromatic rings. The van der Waals surface area contributed by atoms with Crippen LogP contribution < -0.4 is 0 Å². The van der Waals surface area contributed by atoms with E-state index in [0.717, 1.165) is 32.1 Å². The number of aliphatic hydroxyl groups excluding tert-OH is 2. The molecule has 0 aliphatic carbocycles. The molecule has 5 saturated heterocycles. The van der Waals surface area contributed by atoms with Crippen LogP contribution in [0.4, 0.5) is 0 Å². The Morgan fingerprint density at radius 3 is 2.34 bits per heavy atom. The molecule has 17 atom stereocenters. The molecule has 0 aromatic heterocycles. The Bertz CT molecular complexity index is 1110.